The van der Waals surface area contributed by atoms with Crippen LogP contribution < -0.4 is 22.1 Å². The lowest BCUT2D eigenvalue weighted by molar-refractivity contribution is -0.120. The van der Waals surface area contributed by atoms with Gasteiger partial charge in [0.05, 0.1) is 6.54 Å². The zero-order valence-corrected chi connectivity index (χ0v) is 29.5. The molecule has 4 rings (SSSR count). The first-order chi connectivity index (χ1) is 24.0. The van der Waals surface area contributed by atoms with Gasteiger partial charge in [0.2, 0.25) is 11.8 Å². The highest BCUT2D eigenvalue weighted by Crippen LogP contribution is 2.05. The molecule has 6 N–H and O–H groups in total. The van der Waals surface area contributed by atoms with Gasteiger partial charge in [-0.25, -0.2) is 9.59 Å². The first-order valence-electron chi connectivity index (χ1n) is 16.5. The van der Waals surface area contributed by atoms with E-state index in [0.29, 0.717) is 6.42 Å². The fourth-order valence-corrected chi connectivity index (χ4v) is 4.02. The Morgan fingerprint density at radius 1 is 0.640 bits per heavy atom. The summed E-state index contributed by atoms with van der Waals surface area (Å²) in [5, 5.41) is 4.72. The number of aryl methyl sites for hydroxylation is 1. The Hall–Kier alpha value is -5.64. The Kier molecular flexibility index (Phi) is 22.3. The third kappa shape index (κ3) is 22.8. The molecule has 1 atom stereocenters. The zero-order valence-electron chi connectivity index (χ0n) is 29.5. The van der Waals surface area contributed by atoms with Gasteiger partial charge in [-0.3, -0.25) is 9.59 Å². The van der Waals surface area contributed by atoms with Gasteiger partial charge in [-0.1, -0.05) is 161 Å². The molecule has 0 aliphatic rings. The van der Waals surface area contributed by atoms with Crippen LogP contribution in [0.25, 0.3) is 0 Å². The van der Waals surface area contributed by atoms with Gasteiger partial charge < -0.3 is 31.6 Å². The van der Waals surface area contributed by atoms with Crippen molar-refractivity contribution in [2.24, 2.45) is 17.4 Å². The van der Waals surface area contributed by atoms with Crippen LogP contribution in [-0.4, -0.2) is 36.6 Å². The average molecular weight is 685 g/mol. The number of rotatable bonds is 12. The van der Waals surface area contributed by atoms with Crippen molar-refractivity contribution >= 4 is 24.0 Å². The smallest absolute Gasteiger partial charge is 0.408 e. The summed E-state index contributed by atoms with van der Waals surface area (Å²) in [5.74, 6) is -0.304. The van der Waals surface area contributed by atoms with E-state index in [2.05, 4.69) is 50.5 Å². The van der Waals surface area contributed by atoms with E-state index in [1.165, 1.54) is 18.4 Å². The van der Waals surface area contributed by atoms with Crippen LogP contribution in [0.1, 0.15) is 55.9 Å². The van der Waals surface area contributed by atoms with Crippen molar-refractivity contribution in [1.82, 2.24) is 10.6 Å². The van der Waals surface area contributed by atoms with Crippen molar-refractivity contribution in [3.05, 3.63) is 144 Å². The van der Waals surface area contributed by atoms with Crippen molar-refractivity contribution in [2.45, 2.75) is 66.2 Å². The molecular formula is C40H52N4O6. The molecule has 10 nitrogen and oxygen atoms in total. The van der Waals surface area contributed by atoms with Crippen LogP contribution in [0, 0.1) is 12.8 Å². The minimum absolute atomic E-state index is 0.142. The van der Waals surface area contributed by atoms with Crippen LogP contribution in [-0.2, 0) is 38.7 Å². The summed E-state index contributed by atoms with van der Waals surface area (Å²) in [5.41, 5.74) is 14.2. The normalized spacial score (nSPS) is 10.3. The molecule has 0 saturated carbocycles. The van der Waals surface area contributed by atoms with Crippen LogP contribution in [0.5, 0.6) is 0 Å². The van der Waals surface area contributed by atoms with E-state index in [-0.39, 0.29) is 19.8 Å². The van der Waals surface area contributed by atoms with Gasteiger partial charge in [-0.05, 0) is 29.5 Å². The molecule has 0 fully saturated rings. The molecule has 0 radical (unpaired) electrons. The Balaban J connectivity index is 0.000000382. The molecule has 4 amide bonds. The third-order valence-electron chi connectivity index (χ3n) is 6.56. The number of primary amides is 2. The Morgan fingerprint density at radius 3 is 1.40 bits per heavy atom. The lowest BCUT2D eigenvalue weighted by Crippen LogP contribution is -2.46. The molecule has 268 valence electrons. The number of hydrogen-bond donors (Lipinski definition) is 4. The number of nitrogens with one attached hydrogen (secondary N) is 2. The summed E-state index contributed by atoms with van der Waals surface area (Å²) in [6.45, 7) is 8.91. The van der Waals surface area contributed by atoms with Gasteiger partial charge in [-0.2, -0.15) is 0 Å². The standard InChI is InChI=1S/C17H18N2O3.C10H12N2O3.C7H8.C6H14/c18-16(20)15(11-13-7-3-1-4-8-13)19-17(21)22-12-14-9-5-2-6-10-14;11-9(13)6-12-10(14)15-7-8-4-2-1-3-5-8;1-7-5-3-2-4-6-7;1-4-5-6(2)3/h1-10,15H,11-12H2,(H2,18,20)(H,19,21);1-5H,6-7H2,(H2,11,13)(H,12,14);2-6H,1H3;6H,4-5H2,1-3H3. The van der Waals surface area contributed by atoms with E-state index in [0.717, 1.165) is 22.6 Å². The van der Waals surface area contributed by atoms with E-state index in [1.54, 1.807) is 0 Å². The number of alkyl carbamates (subject to hydrolysis) is 2. The molecule has 0 aliphatic heterocycles. The molecule has 4 aromatic carbocycles. The average Bonchev–Trinajstić information content (AvgIpc) is 3.11. The maximum absolute atomic E-state index is 11.8. The first kappa shape index (κ1) is 42.4. The van der Waals surface area contributed by atoms with Crippen molar-refractivity contribution in [1.29, 1.82) is 0 Å². The highest BCUT2D eigenvalue weighted by atomic mass is 16.6. The SMILES string of the molecule is CCCC(C)C.Cc1ccccc1.NC(=O)C(Cc1ccccc1)NC(=O)OCc1ccccc1.NC(=O)CNC(=O)OCc1ccccc1. The van der Waals surface area contributed by atoms with Gasteiger partial charge in [0.25, 0.3) is 0 Å². The second-order valence-electron chi connectivity index (χ2n) is 11.6. The lowest BCUT2D eigenvalue weighted by Gasteiger charge is -2.15. The topological polar surface area (TPSA) is 163 Å². The van der Waals surface area contributed by atoms with Gasteiger partial charge >= 0.3 is 12.2 Å². The molecule has 50 heavy (non-hydrogen) atoms. The molecule has 0 saturated heterocycles. The fourth-order valence-electron chi connectivity index (χ4n) is 4.02. The Bertz CT molecular complexity index is 1490. The van der Waals surface area contributed by atoms with Crippen molar-refractivity contribution in [2.75, 3.05) is 6.54 Å². The molecule has 0 heterocycles. The number of amides is 4. The van der Waals surface area contributed by atoms with Crippen molar-refractivity contribution in [3.8, 4) is 0 Å². The summed E-state index contributed by atoms with van der Waals surface area (Å²) < 4.78 is 9.91. The maximum atomic E-state index is 11.8. The Morgan fingerprint density at radius 2 is 1.06 bits per heavy atom. The second kappa shape index (κ2) is 26.3. The van der Waals surface area contributed by atoms with Crippen molar-refractivity contribution in [3.63, 3.8) is 0 Å². The highest BCUT2D eigenvalue weighted by molar-refractivity contribution is 5.84. The largest absolute Gasteiger partial charge is 0.445 e. The number of carbonyl (C=O) groups excluding carboxylic acids is 4. The van der Waals surface area contributed by atoms with E-state index in [9.17, 15) is 19.2 Å². The Labute approximate surface area is 296 Å². The molecule has 0 bridgehead atoms. The minimum Gasteiger partial charge on any atom is -0.445 e. The summed E-state index contributed by atoms with van der Waals surface area (Å²) in [6, 6.07) is 37.3. The van der Waals surface area contributed by atoms with Crippen LogP contribution in [0.3, 0.4) is 0 Å². The van der Waals surface area contributed by atoms with Crippen LogP contribution in [0.2, 0.25) is 0 Å². The summed E-state index contributed by atoms with van der Waals surface area (Å²) >= 11 is 0. The van der Waals surface area contributed by atoms with Gasteiger partial charge in [0.15, 0.2) is 0 Å². The molecule has 0 spiro atoms. The lowest BCUT2D eigenvalue weighted by atomic mass is 10.1. The number of benzene rings is 4. The van der Waals surface area contributed by atoms with E-state index in [1.807, 2.05) is 109 Å². The predicted octanol–water partition coefficient (Wildman–Crippen LogP) is 6.85. The quantitative estimate of drug-likeness (QED) is 0.128. The molecule has 10 heteroatoms. The molecule has 4 aromatic rings. The summed E-state index contributed by atoms with van der Waals surface area (Å²) in [7, 11) is 0. The van der Waals surface area contributed by atoms with Crippen LogP contribution in [0.15, 0.2) is 121 Å². The van der Waals surface area contributed by atoms with Gasteiger partial charge in [0, 0.05) is 6.42 Å². The number of nitrogens with two attached hydrogens (primary N) is 2. The maximum Gasteiger partial charge on any atom is 0.408 e. The summed E-state index contributed by atoms with van der Waals surface area (Å²) in [4.78, 5) is 44.6. The molecule has 1 unspecified atom stereocenters. The second-order valence-corrected chi connectivity index (χ2v) is 11.6. The third-order valence-corrected chi connectivity index (χ3v) is 6.56. The first-order valence-corrected chi connectivity index (χ1v) is 16.5. The minimum atomic E-state index is -0.800. The van der Waals surface area contributed by atoms with E-state index >= 15 is 0 Å². The van der Waals surface area contributed by atoms with Crippen LogP contribution >= 0.6 is 0 Å². The molecule has 0 aromatic heterocycles. The van der Waals surface area contributed by atoms with Gasteiger partial charge in [0.1, 0.15) is 19.3 Å². The highest BCUT2D eigenvalue weighted by Gasteiger charge is 2.19. The monoisotopic (exact) mass is 684 g/mol. The van der Waals surface area contributed by atoms with Crippen molar-refractivity contribution < 1.29 is 28.7 Å². The molecular weight excluding hydrogens is 632 g/mol. The van der Waals surface area contributed by atoms with E-state index < -0.39 is 30.0 Å². The summed E-state index contributed by atoms with van der Waals surface area (Å²) in [6.07, 6.45) is 1.72. The number of ether oxygens (including phenoxy) is 2. The van der Waals surface area contributed by atoms with Gasteiger partial charge in [-0.15, -0.1) is 0 Å². The number of carbonyl (C=O) groups is 4. The molecule has 0 aliphatic carbocycles. The predicted molar refractivity (Wildman–Crippen MR) is 198 cm³/mol. The number of hydrogen-bond acceptors (Lipinski definition) is 6. The zero-order chi connectivity index (χ0) is 37.0. The fraction of sp³-hybridized carbons (Fsp3) is 0.300. The van der Waals surface area contributed by atoms with E-state index in [4.69, 9.17) is 20.9 Å². The van der Waals surface area contributed by atoms with Crippen LogP contribution in [0.4, 0.5) is 9.59 Å².